The van der Waals surface area contributed by atoms with E-state index in [0.29, 0.717) is 0 Å². The monoisotopic (exact) mass is 279 g/mol. The van der Waals surface area contributed by atoms with E-state index < -0.39 is 0 Å². The van der Waals surface area contributed by atoms with Crippen molar-refractivity contribution in [3.05, 3.63) is 34.3 Å². The van der Waals surface area contributed by atoms with Gasteiger partial charge in [0.05, 0.1) is 0 Å². The molecule has 0 atom stereocenters. The topological polar surface area (TPSA) is 49.9 Å². The number of rotatable bonds is 2. The maximum absolute atomic E-state index is 7.02. The van der Waals surface area contributed by atoms with E-state index in [0.717, 1.165) is 10.2 Å². The molecular weight excluding hydrogens is 272 g/mol. The Morgan fingerprint density at radius 2 is 1.92 bits per heavy atom. The summed E-state index contributed by atoms with van der Waals surface area (Å²) in [6.07, 6.45) is 0. The van der Waals surface area contributed by atoms with Crippen LogP contribution < -0.4 is 18.1 Å². The van der Waals surface area contributed by atoms with Crippen molar-refractivity contribution in [2.24, 2.45) is 5.73 Å². The molecular formula is C8H9BrClN2S-. The predicted molar refractivity (Wildman–Crippen MR) is 57.4 cm³/mol. The minimum Gasteiger partial charge on any atom is -1.00 e. The van der Waals surface area contributed by atoms with Gasteiger partial charge in [-0.1, -0.05) is 39.8 Å². The fourth-order valence-corrected chi connectivity index (χ4v) is 1.52. The number of benzene rings is 1. The highest BCUT2D eigenvalue weighted by atomic mass is 79.9. The van der Waals surface area contributed by atoms with E-state index in [9.17, 15) is 0 Å². The van der Waals surface area contributed by atoms with Gasteiger partial charge in [-0.3, -0.25) is 5.41 Å². The average Bonchev–Trinajstić information content (AvgIpc) is 2.03. The molecule has 0 aliphatic heterocycles. The zero-order chi connectivity index (χ0) is 8.97. The van der Waals surface area contributed by atoms with Gasteiger partial charge in [0.1, 0.15) is 0 Å². The molecule has 0 radical (unpaired) electrons. The van der Waals surface area contributed by atoms with Crippen LogP contribution in [0.1, 0.15) is 5.56 Å². The van der Waals surface area contributed by atoms with Gasteiger partial charge in [-0.15, -0.1) is 0 Å². The molecule has 0 saturated carbocycles. The smallest absolute Gasteiger partial charge is 0.151 e. The van der Waals surface area contributed by atoms with Crippen LogP contribution in [-0.2, 0) is 5.75 Å². The fourth-order valence-electron chi connectivity index (χ4n) is 0.742. The van der Waals surface area contributed by atoms with Crippen LogP contribution in [0.5, 0.6) is 0 Å². The molecule has 0 spiro atoms. The number of nitrogens with two attached hydrogens (primary N) is 1. The van der Waals surface area contributed by atoms with E-state index >= 15 is 0 Å². The third kappa shape index (κ3) is 5.18. The van der Waals surface area contributed by atoms with Gasteiger partial charge >= 0.3 is 0 Å². The second-order valence-electron chi connectivity index (χ2n) is 2.28. The van der Waals surface area contributed by atoms with Crippen LogP contribution in [0.2, 0.25) is 0 Å². The summed E-state index contributed by atoms with van der Waals surface area (Å²) in [5.41, 5.74) is 6.39. The van der Waals surface area contributed by atoms with Crippen LogP contribution in [0.4, 0.5) is 0 Å². The summed E-state index contributed by atoms with van der Waals surface area (Å²) in [6, 6.07) is 7.99. The van der Waals surface area contributed by atoms with Crippen molar-refractivity contribution in [3.8, 4) is 0 Å². The highest BCUT2D eigenvalue weighted by molar-refractivity contribution is 9.10. The third-order valence-electron chi connectivity index (χ3n) is 1.31. The lowest BCUT2D eigenvalue weighted by molar-refractivity contribution is -0.00000264. The number of hydrogen-bond acceptors (Lipinski definition) is 2. The van der Waals surface area contributed by atoms with Gasteiger partial charge in [0.15, 0.2) is 5.17 Å². The zero-order valence-corrected chi connectivity index (χ0v) is 9.92. The summed E-state index contributed by atoms with van der Waals surface area (Å²) in [6.45, 7) is 0. The maximum Gasteiger partial charge on any atom is 0.151 e. The second-order valence-corrected chi connectivity index (χ2v) is 4.21. The van der Waals surface area contributed by atoms with Crippen LogP contribution >= 0.6 is 27.7 Å². The second kappa shape index (κ2) is 6.29. The molecule has 0 heterocycles. The fraction of sp³-hybridized carbons (Fsp3) is 0.125. The molecule has 5 heteroatoms. The van der Waals surface area contributed by atoms with Crippen molar-refractivity contribution in [3.63, 3.8) is 0 Å². The largest absolute Gasteiger partial charge is 1.00 e. The Labute approximate surface area is 96.3 Å². The molecule has 0 amide bonds. The molecule has 72 valence electrons. The van der Waals surface area contributed by atoms with Gasteiger partial charge < -0.3 is 18.1 Å². The first-order valence-electron chi connectivity index (χ1n) is 3.40. The molecule has 3 N–H and O–H groups in total. The Hall–Kier alpha value is -0.190. The highest BCUT2D eigenvalue weighted by Crippen LogP contribution is 2.15. The molecule has 0 unspecified atom stereocenters. The minimum absolute atomic E-state index is 0. The van der Waals surface area contributed by atoms with Crippen molar-refractivity contribution in [2.75, 3.05) is 0 Å². The summed E-state index contributed by atoms with van der Waals surface area (Å²) in [7, 11) is 0. The van der Waals surface area contributed by atoms with Crippen molar-refractivity contribution >= 4 is 32.9 Å². The number of amidine groups is 1. The van der Waals surface area contributed by atoms with Gasteiger partial charge in [-0.25, -0.2) is 0 Å². The summed E-state index contributed by atoms with van der Waals surface area (Å²) < 4.78 is 1.07. The Balaban J connectivity index is 0.00000144. The van der Waals surface area contributed by atoms with E-state index in [2.05, 4.69) is 15.9 Å². The summed E-state index contributed by atoms with van der Waals surface area (Å²) >= 11 is 4.69. The Bertz CT molecular complexity index is 276. The average molecular weight is 281 g/mol. The molecule has 0 bridgehead atoms. The number of thioether (sulfide) groups is 1. The molecule has 0 fully saturated rings. The molecule has 0 aliphatic carbocycles. The van der Waals surface area contributed by atoms with Gasteiger partial charge in [0.25, 0.3) is 0 Å². The summed E-state index contributed by atoms with van der Waals surface area (Å²) in [5, 5.41) is 7.18. The highest BCUT2D eigenvalue weighted by Gasteiger charge is 1.94. The molecule has 2 nitrogen and oxygen atoms in total. The number of nitrogens with one attached hydrogen (secondary N) is 1. The Morgan fingerprint density at radius 3 is 2.38 bits per heavy atom. The molecule has 0 saturated heterocycles. The quantitative estimate of drug-likeness (QED) is 0.571. The molecule has 0 aliphatic rings. The van der Waals surface area contributed by atoms with E-state index in [1.165, 1.54) is 17.3 Å². The number of hydrogen-bond donors (Lipinski definition) is 2. The maximum atomic E-state index is 7.02. The van der Waals surface area contributed by atoms with Crippen LogP contribution in [-0.4, -0.2) is 5.17 Å². The van der Waals surface area contributed by atoms with Crippen molar-refractivity contribution in [1.29, 1.82) is 5.41 Å². The normalized spacial score (nSPS) is 9.00. The summed E-state index contributed by atoms with van der Waals surface area (Å²) in [4.78, 5) is 0. The van der Waals surface area contributed by atoms with Gasteiger partial charge in [-0.2, -0.15) is 0 Å². The molecule has 0 aromatic heterocycles. The van der Waals surface area contributed by atoms with Gasteiger partial charge in [-0.05, 0) is 17.7 Å². The van der Waals surface area contributed by atoms with Crippen molar-refractivity contribution < 1.29 is 12.4 Å². The lowest BCUT2D eigenvalue weighted by Crippen LogP contribution is -3.00. The predicted octanol–water partition coefficient (Wildman–Crippen LogP) is -0.420. The van der Waals surface area contributed by atoms with E-state index in [4.69, 9.17) is 11.1 Å². The van der Waals surface area contributed by atoms with Crippen molar-refractivity contribution in [2.45, 2.75) is 5.75 Å². The number of halogens is 2. The summed E-state index contributed by atoms with van der Waals surface area (Å²) in [5.74, 6) is 0.766. The van der Waals surface area contributed by atoms with Crippen LogP contribution in [0.25, 0.3) is 0 Å². The van der Waals surface area contributed by atoms with Gasteiger partial charge in [0.2, 0.25) is 0 Å². The lowest BCUT2D eigenvalue weighted by Gasteiger charge is -1.99. The van der Waals surface area contributed by atoms with E-state index in [-0.39, 0.29) is 17.6 Å². The standard InChI is InChI=1S/C8H9BrN2S.ClH/c9-7-3-1-6(2-4-7)5-12-8(10)11;/h1-4H,5H2,(H3,10,11);1H/p-1. The molecule has 1 aromatic carbocycles. The lowest BCUT2D eigenvalue weighted by atomic mass is 10.2. The Kier molecular flexibility index (Phi) is 6.20. The van der Waals surface area contributed by atoms with Crippen LogP contribution in [0.3, 0.4) is 0 Å². The zero-order valence-electron chi connectivity index (χ0n) is 6.76. The first kappa shape index (κ1) is 12.8. The van der Waals surface area contributed by atoms with E-state index in [1.54, 1.807) is 0 Å². The first-order valence-corrected chi connectivity index (χ1v) is 5.17. The molecule has 13 heavy (non-hydrogen) atoms. The van der Waals surface area contributed by atoms with Crippen molar-refractivity contribution in [1.82, 2.24) is 0 Å². The first-order chi connectivity index (χ1) is 5.68. The SMILES string of the molecule is N=C(N)SCc1ccc(Br)cc1.[Cl-]. The molecule has 1 rings (SSSR count). The molecule has 1 aromatic rings. The Morgan fingerprint density at radius 1 is 1.38 bits per heavy atom. The van der Waals surface area contributed by atoms with Crippen LogP contribution in [0.15, 0.2) is 28.7 Å². The third-order valence-corrected chi connectivity index (χ3v) is 2.62. The van der Waals surface area contributed by atoms with E-state index in [1.807, 2.05) is 24.3 Å². The van der Waals surface area contributed by atoms with Gasteiger partial charge in [0, 0.05) is 10.2 Å². The van der Waals surface area contributed by atoms with Crippen LogP contribution in [0, 0.1) is 5.41 Å². The minimum atomic E-state index is 0.